The molecule has 0 fully saturated rings. The number of halogens is 1. The Morgan fingerprint density at radius 2 is 2.04 bits per heavy atom. The number of rotatable bonds is 5. The fraction of sp³-hybridized carbons (Fsp3) is 0.222. The van der Waals surface area contributed by atoms with Crippen molar-refractivity contribution >= 4 is 17.5 Å². The van der Waals surface area contributed by atoms with Gasteiger partial charge in [0.05, 0.1) is 6.04 Å². The molecule has 1 unspecified atom stereocenters. The third-order valence-corrected chi connectivity index (χ3v) is 4.09. The second-order valence-electron chi connectivity index (χ2n) is 5.80. The van der Waals surface area contributed by atoms with Gasteiger partial charge in [0.25, 0.3) is 0 Å². The highest BCUT2D eigenvalue weighted by atomic mass is 35.5. The monoisotopic (exact) mass is 355 g/mol. The van der Waals surface area contributed by atoms with Gasteiger partial charge in [0, 0.05) is 10.6 Å². The number of benzene rings is 2. The number of aromatic nitrogens is 4. The number of carbonyl (C=O) groups is 1. The van der Waals surface area contributed by atoms with Gasteiger partial charge in [-0.05, 0) is 42.3 Å². The van der Waals surface area contributed by atoms with Gasteiger partial charge < -0.3 is 5.32 Å². The molecule has 0 aliphatic carbocycles. The predicted octanol–water partition coefficient (Wildman–Crippen LogP) is 3.18. The Balaban J connectivity index is 1.65. The third-order valence-electron chi connectivity index (χ3n) is 3.85. The molecular formula is C18H18ClN5O. The van der Waals surface area contributed by atoms with Crippen LogP contribution in [-0.4, -0.2) is 26.1 Å². The molecule has 1 heterocycles. The number of aryl methyl sites for hydroxylation is 1. The van der Waals surface area contributed by atoms with Crippen molar-refractivity contribution in [2.75, 3.05) is 0 Å². The van der Waals surface area contributed by atoms with E-state index < -0.39 is 0 Å². The van der Waals surface area contributed by atoms with Gasteiger partial charge >= 0.3 is 0 Å². The molecule has 0 aliphatic rings. The van der Waals surface area contributed by atoms with Crippen molar-refractivity contribution < 1.29 is 4.79 Å². The van der Waals surface area contributed by atoms with E-state index >= 15 is 0 Å². The average molecular weight is 356 g/mol. The van der Waals surface area contributed by atoms with Crippen LogP contribution in [0.2, 0.25) is 5.02 Å². The molecule has 3 aromatic rings. The lowest BCUT2D eigenvalue weighted by Crippen LogP contribution is -2.30. The van der Waals surface area contributed by atoms with Crippen LogP contribution in [0.25, 0.3) is 11.4 Å². The Labute approximate surface area is 150 Å². The Morgan fingerprint density at radius 3 is 2.80 bits per heavy atom. The standard InChI is InChI=1S/C18H18ClN5O/c1-12-6-3-4-9-16(12)18-21-23-24(22-18)11-17(25)20-13(2)14-7-5-8-15(19)10-14/h3-10,13H,11H2,1-2H3,(H,20,25). The van der Waals surface area contributed by atoms with E-state index in [1.54, 1.807) is 6.07 Å². The second-order valence-corrected chi connectivity index (χ2v) is 6.24. The highest BCUT2D eigenvalue weighted by Crippen LogP contribution is 2.18. The zero-order chi connectivity index (χ0) is 17.8. The zero-order valence-corrected chi connectivity index (χ0v) is 14.7. The van der Waals surface area contributed by atoms with Gasteiger partial charge in [0.15, 0.2) is 0 Å². The lowest BCUT2D eigenvalue weighted by atomic mass is 10.1. The molecule has 0 saturated carbocycles. The normalized spacial score (nSPS) is 12.0. The van der Waals surface area contributed by atoms with Crippen LogP contribution in [0.1, 0.15) is 24.1 Å². The van der Waals surface area contributed by atoms with Crippen molar-refractivity contribution in [3.05, 3.63) is 64.7 Å². The van der Waals surface area contributed by atoms with Crippen molar-refractivity contribution in [1.29, 1.82) is 0 Å². The lowest BCUT2D eigenvalue weighted by molar-refractivity contribution is -0.122. The maximum absolute atomic E-state index is 12.2. The van der Waals surface area contributed by atoms with Gasteiger partial charge in [0.2, 0.25) is 11.7 Å². The summed E-state index contributed by atoms with van der Waals surface area (Å²) < 4.78 is 0. The number of amides is 1. The summed E-state index contributed by atoms with van der Waals surface area (Å²) >= 11 is 5.98. The maximum atomic E-state index is 12.2. The van der Waals surface area contributed by atoms with E-state index in [1.807, 2.05) is 56.3 Å². The van der Waals surface area contributed by atoms with Gasteiger partial charge in [0.1, 0.15) is 6.54 Å². The van der Waals surface area contributed by atoms with Crippen LogP contribution in [0.4, 0.5) is 0 Å². The number of hydrogen-bond acceptors (Lipinski definition) is 4. The summed E-state index contributed by atoms with van der Waals surface area (Å²) in [7, 11) is 0. The number of hydrogen-bond donors (Lipinski definition) is 1. The molecule has 3 rings (SSSR count). The van der Waals surface area contributed by atoms with E-state index in [4.69, 9.17) is 11.6 Å². The minimum Gasteiger partial charge on any atom is -0.348 e. The Morgan fingerprint density at radius 1 is 1.24 bits per heavy atom. The van der Waals surface area contributed by atoms with Gasteiger partial charge in [-0.1, -0.05) is 48.0 Å². The van der Waals surface area contributed by atoms with Crippen molar-refractivity contribution in [2.24, 2.45) is 0 Å². The first kappa shape index (κ1) is 17.1. The molecule has 0 radical (unpaired) electrons. The smallest absolute Gasteiger partial charge is 0.244 e. The highest BCUT2D eigenvalue weighted by Gasteiger charge is 2.13. The van der Waals surface area contributed by atoms with E-state index in [0.717, 1.165) is 16.7 Å². The van der Waals surface area contributed by atoms with E-state index in [1.165, 1.54) is 4.80 Å². The van der Waals surface area contributed by atoms with Crippen LogP contribution in [0.5, 0.6) is 0 Å². The summed E-state index contributed by atoms with van der Waals surface area (Å²) in [6.45, 7) is 3.89. The number of nitrogens with one attached hydrogen (secondary N) is 1. The minimum absolute atomic E-state index is 0.00376. The van der Waals surface area contributed by atoms with Crippen LogP contribution in [0, 0.1) is 6.92 Å². The average Bonchev–Trinajstić information content (AvgIpc) is 3.03. The molecule has 0 aliphatic heterocycles. The van der Waals surface area contributed by atoms with Crippen LogP contribution in [-0.2, 0) is 11.3 Å². The molecule has 1 N–H and O–H groups in total. The highest BCUT2D eigenvalue weighted by molar-refractivity contribution is 6.30. The Hall–Kier alpha value is -2.73. The van der Waals surface area contributed by atoms with Crippen molar-refractivity contribution in [3.63, 3.8) is 0 Å². The maximum Gasteiger partial charge on any atom is 0.244 e. The molecule has 7 heteroatoms. The largest absolute Gasteiger partial charge is 0.348 e. The topological polar surface area (TPSA) is 72.7 Å². The summed E-state index contributed by atoms with van der Waals surface area (Å²) in [4.78, 5) is 13.5. The van der Waals surface area contributed by atoms with Gasteiger partial charge in [-0.25, -0.2) is 0 Å². The molecule has 6 nitrogen and oxygen atoms in total. The van der Waals surface area contributed by atoms with Crippen molar-refractivity contribution in [3.8, 4) is 11.4 Å². The fourth-order valence-electron chi connectivity index (χ4n) is 2.52. The Bertz CT molecular complexity index is 892. The second kappa shape index (κ2) is 7.44. The first-order valence-electron chi connectivity index (χ1n) is 7.91. The number of carbonyl (C=O) groups excluding carboxylic acids is 1. The Kier molecular flexibility index (Phi) is 5.09. The number of nitrogens with zero attached hydrogens (tertiary/aromatic N) is 4. The van der Waals surface area contributed by atoms with Gasteiger partial charge in [-0.3, -0.25) is 4.79 Å². The van der Waals surface area contributed by atoms with Crippen molar-refractivity contribution in [1.82, 2.24) is 25.5 Å². The first-order valence-corrected chi connectivity index (χ1v) is 8.29. The van der Waals surface area contributed by atoms with Gasteiger partial charge in [-0.15, -0.1) is 10.2 Å². The van der Waals surface area contributed by atoms with Crippen LogP contribution >= 0.6 is 11.6 Å². The van der Waals surface area contributed by atoms with Crippen molar-refractivity contribution in [2.45, 2.75) is 26.4 Å². The SMILES string of the molecule is Cc1ccccc1-c1nnn(CC(=O)NC(C)c2cccc(Cl)c2)n1. The van der Waals surface area contributed by atoms with Crippen LogP contribution < -0.4 is 5.32 Å². The molecule has 1 aromatic heterocycles. The molecule has 128 valence electrons. The summed E-state index contributed by atoms with van der Waals surface area (Å²) in [5, 5.41) is 15.8. The molecule has 1 atom stereocenters. The van der Waals surface area contributed by atoms with E-state index in [9.17, 15) is 4.79 Å². The van der Waals surface area contributed by atoms with Crippen LogP contribution in [0.15, 0.2) is 48.5 Å². The summed E-state index contributed by atoms with van der Waals surface area (Å²) in [6, 6.07) is 15.0. The molecular weight excluding hydrogens is 338 g/mol. The van der Waals surface area contributed by atoms with E-state index in [-0.39, 0.29) is 18.5 Å². The summed E-state index contributed by atoms with van der Waals surface area (Å²) in [6.07, 6.45) is 0. The molecule has 0 spiro atoms. The minimum atomic E-state index is -0.193. The number of tetrazole rings is 1. The lowest BCUT2D eigenvalue weighted by Gasteiger charge is -2.14. The molecule has 1 amide bonds. The summed E-state index contributed by atoms with van der Waals surface area (Å²) in [5.74, 6) is 0.315. The summed E-state index contributed by atoms with van der Waals surface area (Å²) in [5.41, 5.74) is 2.90. The third kappa shape index (κ3) is 4.22. The fourth-order valence-corrected chi connectivity index (χ4v) is 2.72. The molecule has 2 aromatic carbocycles. The molecule has 25 heavy (non-hydrogen) atoms. The van der Waals surface area contributed by atoms with E-state index in [0.29, 0.717) is 10.8 Å². The van der Waals surface area contributed by atoms with Crippen LogP contribution in [0.3, 0.4) is 0 Å². The van der Waals surface area contributed by atoms with E-state index in [2.05, 4.69) is 20.7 Å². The van der Waals surface area contributed by atoms with Gasteiger partial charge in [-0.2, -0.15) is 4.80 Å². The molecule has 0 saturated heterocycles. The quantitative estimate of drug-likeness (QED) is 0.763. The first-order chi connectivity index (χ1) is 12.0. The molecule has 0 bridgehead atoms. The predicted molar refractivity (Wildman–Crippen MR) is 96.0 cm³/mol. The zero-order valence-electron chi connectivity index (χ0n) is 14.0.